The van der Waals surface area contributed by atoms with Crippen LogP contribution >= 0.6 is 0 Å². The van der Waals surface area contributed by atoms with Crippen LogP contribution < -0.4 is 9.64 Å². The number of anilines is 1. The molecule has 4 atom stereocenters. The van der Waals surface area contributed by atoms with Crippen molar-refractivity contribution in [3.63, 3.8) is 0 Å². The van der Waals surface area contributed by atoms with Crippen molar-refractivity contribution in [2.24, 2.45) is 23.7 Å². The van der Waals surface area contributed by atoms with Crippen LogP contribution in [0.15, 0.2) is 60.7 Å². The van der Waals surface area contributed by atoms with Crippen molar-refractivity contribution in [2.75, 3.05) is 4.90 Å². The van der Waals surface area contributed by atoms with Crippen molar-refractivity contribution in [1.29, 1.82) is 0 Å². The van der Waals surface area contributed by atoms with E-state index in [9.17, 15) is 24.5 Å². The molecule has 0 N–H and O–H groups in total. The normalized spacial score (nSPS) is 26.2. The molecule has 150 valence electrons. The Morgan fingerprint density at radius 2 is 1.50 bits per heavy atom. The molecule has 0 aromatic heterocycles. The Hall–Kier alpha value is -3.81. The highest BCUT2D eigenvalue weighted by Crippen LogP contribution is 2.53. The molecule has 1 saturated carbocycles. The van der Waals surface area contributed by atoms with Crippen LogP contribution in [0.4, 0.5) is 11.4 Å². The number of benzene rings is 2. The molecule has 2 aromatic rings. The van der Waals surface area contributed by atoms with Crippen LogP contribution in [0, 0.1) is 33.8 Å². The lowest BCUT2D eigenvalue weighted by Crippen LogP contribution is -2.32. The van der Waals surface area contributed by atoms with E-state index >= 15 is 0 Å². The van der Waals surface area contributed by atoms with Crippen LogP contribution in [0.2, 0.25) is 0 Å². The summed E-state index contributed by atoms with van der Waals surface area (Å²) in [4.78, 5) is 49.4. The number of amides is 2. The number of nitro benzene ring substituents is 1. The van der Waals surface area contributed by atoms with E-state index < -0.39 is 10.9 Å². The molecule has 4 unspecified atom stereocenters. The summed E-state index contributed by atoms with van der Waals surface area (Å²) in [6.45, 7) is 0. The van der Waals surface area contributed by atoms with Gasteiger partial charge in [-0.2, -0.15) is 0 Å². The number of ether oxygens (including phenoxy) is 1. The Kier molecular flexibility index (Phi) is 4.02. The third-order valence-electron chi connectivity index (χ3n) is 6.09. The summed E-state index contributed by atoms with van der Waals surface area (Å²) >= 11 is 0. The maximum atomic E-state index is 12.9. The number of carbonyl (C=O) groups is 3. The molecule has 1 saturated heterocycles. The van der Waals surface area contributed by atoms with Gasteiger partial charge in [0.05, 0.1) is 28.0 Å². The molecular formula is C22H16N2O6. The molecule has 2 bridgehead atoms. The highest BCUT2D eigenvalue weighted by atomic mass is 16.6. The molecule has 8 nitrogen and oxygen atoms in total. The van der Waals surface area contributed by atoms with Gasteiger partial charge in [0.2, 0.25) is 11.8 Å². The number of non-ortho nitro benzene ring substituents is 1. The SMILES string of the molecule is O=C(Oc1ccc([N+](=O)[O-])cc1)c1ccc(N2C(=O)C3C4C=CC(C4)C3C2=O)cc1. The number of esters is 1. The van der Waals surface area contributed by atoms with E-state index in [4.69, 9.17) is 4.74 Å². The van der Waals surface area contributed by atoms with Crippen LogP contribution in [0.1, 0.15) is 16.8 Å². The molecular weight excluding hydrogens is 388 g/mol. The maximum absolute atomic E-state index is 12.9. The Morgan fingerprint density at radius 1 is 0.933 bits per heavy atom. The zero-order chi connectivity index (χ0) is 21.0. The molecule has 0 radical (unpaired) electrons. The molecule has 2 aliphatic carbocycles. The number of hydrogen-bond donors (Lipinski definition) is 0. The third-order valence-corrected chi connectivity index (χ3v) is 6.09. The van der Waals surface area contributed by atoms with Gasteiger partial charge in [0.1, 0.15) is 5.75 Å². The van der Waals surface area contributed by atoms with Crippen molar-refractivity contribution in [3.8, 4) is 5.75 Å². The summed E-state index contributed by atoms with van der Waals surface area (Å²) < 4.78 is 5.22. The van der Waals surface area contributed by atoms with Crippen molar-refractivity contribution < 1.29 is 24.0 Å². The fourth-order valence-electron chi connectivity index (χ4n) is 4.71. The summed E-state index contributed by atoms with van der Waals surface area (Å²) in [6.07, 6.45) is 4.95. The molecule has 2 aromatic carbocycles. The van der Waals surface area contributed by atoms with Gasteiger partial charge in [0.25, 0.3) is 5.69 Å². The predicted molar refractivity (Wildman–Crippen MR) is 105 cm³/mol. The van der Waals surface area contributed by atoms with Crippen LogP contribution in [0.5, 0.6) is 5.75 Å². The molecule has 5 rings (SSSR count). The second-order valence-corrected chi connectivity index (χ2v) is 7.70. The first kappa shape index (κ1) is 18.2. The van der Waals surface area contributed by atoms with E-state index in [-0.39, 0.29) is 52.5 Å². The van der Waals surface area contributed by atoms with Gasteiger partial charge in [0.15, 0.2) is 0 Å². The fraction of sp³-hybridized carbons (Fsp3) is 0.227. The molecule has 8 heteroatoms. The minimum atomic E-state index is -0.645. The monoisotopic (exact) mass is 404 g/mol. The van der Waals surface area contributed by atoms with Gasteiger partial charge in [-0.05, 0) is 54.7 Å². The summed E-state index contributed by atoms with van der Waals surface area (Å²) in [5, 5.41) is 10.7. The Bertz CT molecular complexity index is 1080. The Balaban J connectivity index is 1.31. The van der Waals surface area contributed by atoms with E-state index in [1.807, 2.05) is 12.2 Å². The van der Waals surface area contributed by atoms with E-state index in [1.165, 1.54) is 41.3 Å². The standard InChI is InChI=1S/C22H16N2O6/c25-20-18-13-1-2-14(11-13)19(18)21(26)23(20)15-5-3-12(4-6-15)22(27)30-17-9-7-16(8-10-17)24(28)29/h1-10,13-14,18-19H,11H2. The number of hydrogen-bond acceptors (Lipinski definition) is 6. The Labute approximate surface area is 170 Å². The summed E-state index contributed by atoms with van der Waals surface area (Å²) in [5.74, 6) is -1.11. The maximum Gasteiger partial charge on any atom is 0.343 e. The Morgan fingerprint density at radius 3 is 2.03 bits per heavy atom. The van der Waals surface area contributed by atoms with Gasteiger partial charge in [-0.25, -0.2) is 4.79 Å². The molecule has 0 spiro atoms. The third kappa shape index (κ3) is 2.72. The van der Waals surface area contributed by atoms with Crippen LogP contribution in [0.25, 0.3) is 0 Å². The van der Waals surface area contributed by atoms with Crippen LogP contribution in [0.3, 0.4) is 0 Å². The van der Waals surface area contributed by atoms with Gasteiger partial charge in [0, 0.05) is 12.1 Å². The van der Waals surface area contributed by atoms with Crippen LogP contribution in [-0.4, -0.2) is 22.7 Å². The molecule has 3 aliphatic rings. The van der Waals surface area contributed by atoms with E-state index in [0.29, 0.717) is 5.69 Å². The first-order valence-corrected chi connectivity index (χ1v) is 9.57. The fourth-order valence-corrected chi connectivity index (χ4v) is 4.71. The average Bonchev–Trinajstić information content (AvgIpc) is 3.42. The quantitative estimate of drug-likeness (QED) is 0.194. The summed E-state index contributed by atoms with van der Waals surface area (Å²) in [5.41, 5.74) is 0.566. The zero-order valence-electron chi connectivity index (χ0n) is 15.6. The molecule has 1 aliphatic heterocycles. The average molecular weight is 404 g/mol. The second kappa shape index (κ2) is 6.62. The van der Waals surface area contributed by atoms with E-state index in [0.717, 1.165) is 6.42 Å². The van der Waals surface area contributed by atoms with E-state index in [1.54, 1.807) is 12.1 Å². The van der Waals surface area contributed by atoms with Gasteiger partial charge >= 0.3 is 5.97 Å². The van der Waals surface area contributed by atoms with Crippen molar-refractivity contribution in [1.82, 2.24) is 0 Å². The molecule has 2 fully saturated rings. The molecule has 30 heavy (non-hydrogen) atoms. The summed E-state index contributed by atoms with van der Waals surface area (Å²) in [6, 6.07) is 11.3. The number of imide groups is 1. The van der Waals surface area contributed by atoms with E-state index in [2.05, 4.69) is 0 Å². The number of nitrogens with zero attached hydrogens (tertiary/aromatic N) is 2. The lowest BCUT2D eigenvalue weighted by atomic mass is 9.85. The molecule has 1 heterocycles. The molecule has 2 amide bonds. The smallest absolute Gasteiger partial charge is 0.343 e. The lowest BCUT2D eigenvalue weighted by Gasteiger charge is -2.17. The van der Waals surface area contributed by atoms with Crippen molar-refractivity contribution >= 4 is 29.2 Å². The van der Waals surface area contributed by atoms with Crippen molar-refractivity contribution in [2.45, 2.75) is 6.42 Å². The minimum absolute atomic E-state index is 0.104. The highest BCUT2D eigenvalue weighted by Gasteiger charge is 2.59. The largest absolute Gasteiger partial charge is 0.423 e. The highest BCUT2D eigenvalue weighted by molar-refractivity contribution is 6.22. The van der Waals surface area contributed by atoms with Gasteiger partial charge in [-0.3, -0.25) is 24.6 Å². The van der Waals surface area contributed by atoms with Crippen LogP contribution in [-0.2, 0) is 9.59 Å². The summed E-state index contributed by atoms with van der Waals surface area (Å²) in [7, 11) is 0. The van der Waals surface area contributed by atoms with Crippen molar-refractivity contribution in [3.05, 3.63) is 76.4 Å². The zero-order valence-corrected chi connectivity index (χ0v) is 15.6. The number of fused-ring (bicyclic) bond motifs is 5. The second-order valence-electron chi connectivity index (χ2n) is 7.70. The first-order valence-electron chi connectivity index (χ1n) is 9.57. The van der Waals surface area contributed by atoms with Gasteiger partial charge < -0.3 is 4.74 Å². The van der Waals surface area contributed by atoms with Gasteiger partial charge in [-0.15, -0.1) is 0 Å². The number of allylic oxidation sites excluding steroid dienone is 2. The number of rotatable bonds is 4. The first-order chi connectivity index (χ1) is 14.4. The topological polar surface area (TPSA) is 107 Å². The lowest BCUT2D eigenvalue weighted by molar-refractivity contribution is -0.384. The number of carbonyl (C=O) groups excluding carboxylic acids is 3. The van der Waals surface area contributed by atoms with Gasteiger partial charge in [-0.1, -0.05) is 12.2 Å². The predicted octanol–water partition coefficient (Wildman–Crippen LogP) is 3.13. The number of nitro groups is 1. The minimum Gasteiger partial charge on any atom is -0.423 e.